The lowest BCUT2D eigenvalue weighted by Gasteiger charge is -2.17. The number of rotatable bonds is 1. The van der Waals surface area contributed by atoms with Crippen LogP contribution in [-0.2, 0) is 0 Å². The third-order valence-electron chi connectivity index (χ3n) is 2.69. The zero-order valence-corrected chi connectivity index (χ0v) is 10.4. The molecule has 2 aromatic carbocycles. The summed E-state index contributed by atoms with van der Waals surface area (Å²) in [6.07, 6.45) is 0. The normalized spacial score (nSPS) is 11.9. The van der Waals surface area contributed by atoms with Crippen LogP contribution in [0.3, 0.4) is 0 Å². The van der Waals surface area contributed by atoms with Crippen LogP contribution in [0.5, 0.6) is 5.75 Å². The van der Waals surface area contributed by atoms with Gasteiger partial charge < -0.3 is 5.11 Å². The van der Waals surface area contributed by atoms with Crippen LogP contribution < -0.4 is 5.19 Å². The maximum atomic E-state index is 9.44. The minimum absolute atomic E-state index is 0.343. The highest BCUT2D eigenvalue weighted by Gasteiger charge is 2.16. The second-order valence-corrected chi connectivity index (χ2v) is 10.1. The zero-order valence-electron chi connectivity index (χ0n) is 9.41. The first-order valence-corrected chi connectivity index (χ1v) is 8.70. The molecule has 0 bridgehead atoms. The summed E-state index contributed by atoms with van der Waals surface area (Å²) in [5.41, 5.74) is 0. The molecule has 0 atom stereocenters. The Balaban J connectivity index is 2.64. The summed E-state index contributed by atoms with van der Waals surface area (Å²) < 4.78 is 0. The number of fused-ring (bicyclic) bond motifs is 1. The van der Waals surface area contributed by atoms with Crippen molar-refractivity contribution in [1.29, 1.82) is 0 Å². The Labute approximate surface area is 91.4 Å². The van der Waals surface area contributed by atoms with Crippen LogP contribution in [0.1, 0.15) is 0 Å². The van der Waals surface area contributed by atoms with Crippen molar-refractivity contribution in [3.05, 3.63) is 36.4 Å². The lowest BCUT2D eigenvalue weighted by molar-refractivity contribution is 0.476. The van der Waals surface area contributed by atoms with E-state index in [0.29, 0.717) is 5.75 Å². The molecule has 0 unspecified atom stereocenters. The standard InChI is InChI=1S/C13H16OSi/c1-15(2,3)13-7-5-10-4-6-12(14)8-11(10)9-13/h4-9,14H,1-3H3. The van der Waals surface area contributed by atoms with Crippen molar-refractivity contribution in [2.75, 3.05) is 0 Å². The van der Waals surface area contributed by atoms with Gasteiger partial charge in [-0.25, -0.2) is 0 Å². The third-order valence-corrected chi connectivity index (χ3v) is 4.73. The third kappa shape index (κ3) is 2.05. The Morgan fingerprint density at radius 3 is 2.20 bits per heavy atom. The van der Waals surface area contributed by atoms with E-state index >= 15 is 0 Å². The molecule has 0 saturated heterocycles. The molecule has 78 valence electrons. The van der Waals surface area contributed by atoms with Crippen LogP contribution in [0, 0.1) is 0 Å². The lowest BCUT2D eigenvalue weighted by atomic mass is 10.1. The molecule has 0 radical (unpaired) electrons. The number of aromatic hydroxyl groups is 1. The smallest absolute Gasteiger partial charge is 0.116 e. The number of hydrogen-bond donors (Lipinski definition) is 1. The summed E-state index contributed by atoms with van der Waals surface area (Å²) in [6, 6.07) is 12.1. The van der Waals surface area contributed by atoms with Crippen LogP contribution in [0.2, 0.25) is 19.6 Å². The van der Waals surface area contributed by atoms with Gasteiger partial charge in [0.25, 0.3) is 0 Å². The molecule has 0 amide bonds. The molecule has 0 aromatic heterocycles. The summed E-state index contributed by atoms with van der Waals surface area (Å²) in [7, 11) is -1.25. The van der Waals surface area contributed by atoms with E-state index in [2.05, 4.69) is 37.8 Å². The second kappa shape index (κ2) is 3.38. The van der Waals surface area contributed by atoms with Crippen LogP contribution in [0.25, 0.3) is 10.8 Å². The molecule has 1 N–H and O–H groups in total. The van der Waals surface area contributed by atoms with Crippen molar-refractivity contribution >= 4 is 24.0 Å². The summed E-state index contributed by atoms with van der Waals surface area (Å²) in [4.78, 5) is 0. The van der Waals surface area contributed by atoms with Crippen molar-refractivity contribution in [3.63, 3.8) is 0 Å². The average molecular weight is 216 g/mol. The topological polar surface area (TPSA) is 20.2 Å². The van der Waals surface area contributed by atoms with Gasteiger partial charge in [-0.3, -0.25) is 0 Å². The molecule has 0 fully saturated rings. The minimum atomic E-state index is -1.25. The fourth-order valence-electron chi connectivity index (χ4n) is 1.70. The fourth-order valence-corrected chi connectivity index (χ4v) is 2.87. The summed E-state index contributed by atoms with van der Waals surface area (Å²) in [5, 5.41) is 13.2. The summed E-state index contributed by atoms with van der Waals surface area (Å²) in [5.74, 6) is 0.343. The molecule has 2 heteroatoms. The average Bonchev–Trinajstić information content (AvgIpc) is 2.15. The highest BCUT2D eigenvalue weighted by molar-refractivity contribution is 6.88. The number of benzene rings is 2. The van der Waals surface area contributed by atoms with E-state index in [1.165, 1.54) is 10.6 Å². The molecule has 0 saturated carbocycles. The maximum absolute atomic E-state index is 9.44. The van der Waals surface area contributed by atoms with E-state index < -0.39 is 8.07 Å². The molecule has 2 rings (SSSR count). The monoisotopic (exact) mass is 216 g/mol. The van der Waals surface area contributed by atoms with Crippen molar-refractivity contribution in [1.82, 2.24) is 0 Å². The Bertz CT molecular complexity index is 497. The van der Waals surface area contributed by atoms with Gasteiger partial charge in [0.05, 0.1) is 8.07 Å². The van der Waals surface area contributed by atoms with Crippen molar-refractivity contribution in [2.45, 2.75) is 19.6 Å². The van der Waals surface area contributed by atoms with Gasteiger partial charge in [-0.15, -0.1) is 0 Å². The maximum Gasteiger partial charge on any atom is 0.116 e. The summed E-state index contributed by atoms with van der Waals surface area (Å²) in [6.45, 7) is 6.99. The predicted octanol–water partition coefficient (Wildman–Crippen LogP) is 3.09. The first-order chi connectivity index (χ1) is 6.97. The molecule has 2 aromatic rings. The predicted molar refractivity (Wildman–Crippen MR) is 68.6 cm³/mol. The molecule has 0 aliphatic carbocycles. The van der Waals surface area contributed by atoms with E-state index in [4.69, 9.17) is 0 Å². The lowest BCUT2D eigenvalue weighted by Crippen LogP contribution is -2.37. The molecule has 0 aliphatic rings. The molecule has 15 heavy (non-hydrogen) atoms. The Morgan fingerprint density at radius 2 is 1.53 bits per heavy atom. The van der Waals surface area contributed by atoms with Gasteiger partial charge in [-0.1, -0.05) is 49.1 Å². The largest absolute Gasteiger partial charge is 0.508 e. The van der Waals surface area contributed by atoms with Gasteiger partial charge in [0, 0.05) is 0 Å². The van der Waals surface area contributed by atoms with E-state index in [1.54, 1.807) is 6.07 Å². The quantitative estimate of drug-likeness (QED) is 0.726. The first kappa shape index (κ1) is 10.2. The molecule has 0 aliphatic heterocycles. The number of phenols is 1. The van der Waals surface area contributed by atoms with E-state index in [0.717, 1.165) is 5.39 Å². The van der Waals surface area contributed by atoms with Gasteiger partial charge in [-0.2, -0.15) is 0 Å². The van der Waals surface area contributed by atoms with Gasteiger partial charge in [0.15, 0.2) is 0 Å². The highest BCUT2D eigenvalue weighted by Crippen LogP contribution is 2.19. The molecular weight excluding hydrogens is 200 g/mol. The van der Waals surface area contributed by atoms with Crippen molar-refractivity contribution < 1.29 is 5.11 Å². The zero-order chi connectivity index (χ0) is 11.1. The van der Waals surface area contributed by atoms with Crippen LogP contribution >= 0.6 is 0 Å². The molecule has 0 heterocycles. The molecule has 0 spiro atoms. The second-order valence-electron chi connectivity index (χ2n) is 5.00. The van der Waals surface area contributed by atoms with E-state index in [-0.39, 0.29) is 0 Å². The van der Waals surface area contributed by atoms with Gasteiger partial charge in [0.2, 0.25) is 0 Å². The Hall–Kier alpha value is -1.28. The number of hydrogen-bond acceptors (Lipinski definition) is 1. The highest BCUT2D eigenvalue weighted by atomic mass is 28.3. The van der Waals surface area contributed by atoms with Gasteiger partial charge >= 0.3 is 0 Å². The van der Waals surface area contributed by atoms with Crippen LogP contribution in [-0.4, -0.2) is 13.2 Å². The van der Waals surface area contributed by atoms with Crippen LogP contribution in [0.4, 0.5) is 0 Å². The minimum Gasteiger partial charge on any atom is -0.508 e. The van der Waals surface area contributed by atoms with Crippen molar-refractivity contribution in [2.24, 2.45) is 0 Å². The van der Waals surface area contributed by atoms with E-state index in [1.807, 2.05) is 12.1 Å². The van der Waals surface area contributed by atoms with Gasteiger partial charge in [0.1, 0.15) is 5.75 Å². The Kier molecular flexibility index (Phi) is 2.31. The first-order valence-electron chi connectivity index (χ1n) is 5.20. The SMILES string of the molecule is C[Si](C)(C)c1ccc2ccc(O)cc2c1. The molecular formula is C13H16OSi. The van der Waals surface area contributed by atoms with E-state index in [9.17, 15) is 5.11 Å². The molecule has 1 nitrogen and oxygen atoms in total. The Morgan fingerprint density at radius 1 is 0.867 bits per heavy atom. The van der Waals surface area contributed by atoms with Crippen LogP contribution in [0.15, 0.2) is 36.4 Å². The van der Waals surface area contributed by atoms with Crippen molar-refractivity contribution in [3.8, 4) is 5.75 Å². The number of phenolic OH excluding ortho intramolecular Hbond substituents is 1. The summed E-state index contributed by atoms with van der Waals surface area (Å²) >= 11 is 0. The van der Waals surface area contributed by atoms with Gasteiger partial charge in [-0.05, 0) is 22.9 Å². The fraction of sp³-hybridized carbons (Fsp3) is 0.231.